The van der Waals surface area contributed by atoms with E-state index in [9.17, 15) is 5.11 Å². The molecule has 0 fully saturated rings. The summed E-state index contributed by atoms with van der Waals surface area (Å²) in [4.78, 5) is 0. The van der Waals surface area contributed by atoms with Gasteiger partial charge < -0.3 is 10.8 Å². The summed E-state index contributed by atoms with van der Waals surface area (Å²) in [7, 11) is 0. The number of phenolic OH excluding ortho intramolecular Hbond substituents is 1. The van der Waals surface area contributed by atoms with Crippen LogP contribution in [0.4, 0.5) is 0 Å². The monoisotopic (exact) mass is 177 g/mol. The zero-order valence-electron chi connectivity index (χ0n) is 7.66. The molecule has 1 atom stereocenters. The molecule has 0 amide bonds. The van der Waals surface area contributed by atoms with Crippen molar-refractivity contribution < 1.29 is 5.11 Å². The van der Waals surface area contributed by atoms with Crippen molar-refractivity contribution >= 4 is 0 Å². The van der Waals surface area contributed by atoms with Gasteiger partial charge in [-0.15, -0.1) is 0 Å². The molecule has 0 aromatic heterocycles. The van der Waals surface area contributed by atoms with Crippen molar-refractivity contribution in [3.63, 3.8) is 0 Å². The Bertz CT molecular complexity index is 309. The highest BCUT2D eigenvalue weighted by Gasteiger charge is 2.18. The summed E-state index contributed by atoms with van der Waals surface area (Å²) in [6.45, 7) is 0.720. The molecule has 1 unspecified atom stereocenters. The predicted molar refractivity (Wildman–Crippen MR) is 52.8 cm³/mol. The topological polar surface area (TPSA) is 46.2 Å². The number of benzene rings is 1. The maximum absolute atomic E-state index is 9.32. The zero-order chi connectivity index (χ0) is 9.26. The molecule has 3 N–H and O–H groups in total. The van der Waals surface area contributed by atoms with Crippen molar-refractivity contribution in [2.45, 2.75) is 25.2 Å². The Morgan fingerprint density at radius 2 is 2.31 bits per heavy atom. The Morgan fingerprint density at radius 3 is 3.08 bits per heavy atom. The molecule has 0 heterocycles. The minimum atomic E-state index is 0.372. The van der Waals surface area contributed by atoms with Gasteiger partial charge in [0.1, 0.15) is 5.75 Å². The van der Waals surface area contributed by atoms with Gasteiger partial charge in [-0.1, -0.05) is 6.07 Å². The van der Waals surface area contributed by atoms with Crippen LogP contribution in [0.2, 0.25) is 0 Å². The quantitative estimate of drug-likeness (QED) is 0.686. The van der Waals surface area contributed by atoms with Gasteiger partial charge >= 0.3 is 0 Å². The lowest BCUT2D eigenvalue weighted by atomic mass is 9.83. The highest BCUT2D eigenvalue weighted by atomic mass is 16.3. The third kappa shape index (κ3) is 1.54. The van der Waals surface area contributed by atoms with Crippen LogP contribution in [0.3, 0.4) is 0 Å². The van der Waals surface area contributed by atoms with E-state index < -0.39 is 0 Å². The van der Waals surface area contributed by atoms with Crippen molar-refractivity contribution in [3.05, 3.63) is 29.3 Å². The van der Waals surface area contributed by atoms with E-state index in [0.717, 1.165) is 13.0 Å². The largest absolute Gasteiger partial charge is 0.508 e. The normalized spacial score (nSPS) is 21.2. The molecule has 2 rings (SSSR count). The van der Waals surface area contributed by atoms with Crippen molar-refractivity contribution in [2.24, 2.45) is 5.73 Å². The number of nitrogens with two attached hydrogens (primary N) is 1. The van der Waals surface area contributed by atoms with Gasteiger partial charge in [-0.25, -0.2) is 0 Å². The SMILES string of the molecule is NCC1CCCc2cc(O)ccc21. The Labute approximate surface area is 78.4 Å². The maximum atomic E-state index is 9.32. The second-order valence-electron chi connectivity index (χ2n) is 3.71. The lowest BCUT2D eigenvalue weighted by Crippen LogP contribution is -2.17. The molecule has 70 valence electrons. The van der Waals surface area contributed by atoms with E-state index in [4.69, 9.17) is 5.73 Å². The van der Waals surface area contributed by atoms with Crippen molar-refractivity contribution in [1.82, 2.24) is 0 Å². The maximum Gasteiger partial charge on any atom is 0.115 e. The van der Waals surface area contributed by atoms with Gasteiger partial charge in [-0.3, -0.25) is 0 Å². The molecule has 13 heavy (non-hydrogen) atoms. The van der Waals surface area contributed by atoms with Gasteiger partial charge in [0.05, 0.1) is 0 Å². The molecule has 0 saturated carbocycles. The van der Waals surface area contributed by atoms with Crippen LogP contribution in [0.15, 0.2) is 18.2 Å². The standard InChI is InChI=1S/C11H15NO/c12-7-9-3-1-2-8-6-10(13)4-5-11(8)9/h4-6,9,13H,1-3,7,12H2. The summed E-state index contributed by atoms with van der Waals surface area (Å²) < 4.78 is 0. The first kappa shape index (κ1) is 8.57. The van der Waals surface area contributed by atoms with Crippen LogP contribution in [0.5, 0.6) is 5.75 Å². The summed E-state index contributed by atoms with van der Waals surface area (Å²) in [5.41, 5.74) is 8.31. The summed E-state index contributed by atoms with van der Waals surface area (Å²) in [5, 5.41) is 9.32. The van der Waals surface area contributed by atoms with E-state index in [-0.39, 0.29) is 0 Å². The van der Waals surface area contributed by atoms with Crippen LogP contribution in [-0.2, 0) is 6.42 Å². The Kier molecular flexibility index (Phi) is 2.23. The highest BCUT2D eigenvalue weighted by molar-refractivity contribution is 5.38. The number of aryl methyl sites for hydroxylation is 1. The lowest BCUT2D eigenvalue weighted by Gasteiger charge is -2.24. The molecule has 1 aromatic carbocycles. The van der Waals surface area contributed by atoms with Crippen LogP contribution < -0.4 is 5.73 Å². The molecule has 0 bridgehead atoms. The molecular formula is C11H15NO. The second kappa shape index (κ2) is 3.38. The number of hydrogen-bond donors (Lipinski definition) is 2. The average Bonchev–Trinajstić information content (AvgIpc) is 2.16. The van der Waals surface area contributed by atoms with E-state index in [1.54, 1.807) is 6.07 Å². The number of rotatable bonds is 1. The minimum Gasteiger partial charge on any atom is -0.508 e. The van der Waals surface area contributed by atoms with E-state index in [1.807, 2.05) is 12.1 Å². The number of phenols is 1. The van der Waals surface area contributed by atoms with E-state index in [1.165, 1.54) is 24.0 Å². The molecule has 0 saturated heterocycles. The third-order valence-corrected chi connectivity index (χ3v) is 2.85. The fourth-order valence-electron chi connectivity index (χ4n) is 2.15. The van der Waals surface area contributed by atoms with Crippen LogP contribution >= 0.6 is 0 Å². The molecule has 1 aliphatic rings. The lowest BCUT2D eigenvalue weighted by molar-refractivity contribution is 0.471. The van der Waals surface area contributed by atoms with Gasteiger partial charge in [0.25, 0.3) is 0 Å². The molecule has 2 nitrogen and oxygen atoms in total. The summed E-state index contributed by atoms with van der Waals surface area (Å²) in [5.74, 6) is 0.876. The van der Waals surface area contributed by atoms with Gasteiger partial charge in [0, 0.05) is 0 Å². The van der Waals surface area contributed by atoms with Crippen LogP contribution in [0, 0.1) is 0 Å². The Hall–Kier alpha value is -1.02. The highest BCUT2D eigenvalue weighted by Crippen LogP contribution is 2.32. The van der Waals surface area contributed by atoms with Crippen LogP contribution in [0.1, 0.15) is 29.9 Å². The van der Waals surface area contributed by atoms with E-state index in [2.05, 4.69) is 0 Å². The van der Waals surface area contributed by atoms with Gasteiger partial charge in [0.2, 0.25) is 0 Å². The summed E-state index contributed by atoms with van der Waals surface area (Å²) in [6.07, 6.45) is 3.47. The van der Waals surface area contributed by atoms with Crippen molar-refractivity contribution in [2.75, 3.05) is 6.54 Å². The summed E-state index contributed by atoms with van der Waals surface area (Å²) in [6, 6.07) is 5.64. The fraction of sp³-hybridized carbons (Fsp3) is 0.455. The minimum absolute atomic E-state index is 0.372. The average molecular weight is 177 g/mol. The van der Waals surface area contributed by atoms with Gasteiger partial charge in [-0.2, -0.15) is 0 Å². The van der Waals surface area contributed by atoms with Crippen molar-refractivity contribution in [3.8, 4) is 5.75 Å². The molecule has 1 aromatic rings. The third-order valence-electron chi connectivity index (χ3n) is 2.85. The van der Waals surface area contributed by atoms with Crippen LogP contribution in [0.25, 0.3) is 0 Å². The van der Waals surface area contributed by atoms with Crippen LogP contribution in [-0.4, -0.2) is 11.7 Å². The first-order valence-corrected chi connectivity index (χ1v) is 4.83. The Morgan fingerprint density at radius 1 is 1.46 bits per heavy atom. The number of aromatic hydroxyl groups is 1. The molecule has 2 heteroatoms. The van der Waals surface area contributed by atoms with E-state index in [0.29, 0.717) is 11.7 Å². The number of fused-ring (bicyclic) bond motifs is 1. The van der Waals surface area contributed by atoms with Gasteiger partial charge in [0.15, 0.2) is 0 Å². The molecule has 1 aliphatic carbocycles. The zero-order valence-corrected chi connectivity index (χ0v) is 7.66. The molecule has 0 spiro atoms. The molecule has 0 aliphatic heterocycles. The number of hydrogen-bond acceptors (Lipinski definition) is 2. The fourth-order valence-corrected chi connectivity index (χ4v) is 2.15. The second-order valence-corrected chi connectivity index (χ2v) is 3.71. The molecular weight excluding hydrogens is 162 g/mol. The molecule has 0 radical (unpaired) electrons. The first-order chi connectivity index (χ1) is 6.31. The summed E-state index contributed by atoms with van der Waals surface area (Å²) >= 11 is 0. The first-order valence-electron chi connectivity index (χ1n) is 4.83. The predicted octanol–water partition coefficient (Wildman–Crippen LogP) is 1.77. The smallest absolute Gasteiger partial charge is 0.115 e. The van der Waals surface area contributed by atoms with E-state index >= 15 is 0 Å². The Balaban J connectivity index is 2.40. The van der Waals surface area contributed by atoms with Gasteiger partial charge in [-0.05, 0) is 55.0 Å². The van der Waals surface area contributed by atoms with Crippen molar-refractivity contribution in [1.29, 1.82) is 0 Å².